The van der Waals surface area contributed by atoms with Gasteiger partial charge in [0.05, 0.1) is 11.6 Å². The number of rotatable bonds is 6. The molecule has 3 nitrogen and oxygen atoms in total. The summed E-state index contributed by atoms with van der Waals surface area (Å²) in [6, 6.07) is 3.77. The number of hydrogen-bond donors (Lipinski definition) is 1. The van der Waals surface area contributed by atoms with Gasteiger partial charge in [0.15, 0.2) is 11.6 Å². The van der Waals surface area contributed by atoms with Crippen LogP contribution in [-0.2, 0) is 0 Å². The van der Waals surface area contributed by atoms with Crippen LogP contribution in [0.15, 0.2) is 12.1 Å². The zero-order chi connectivity index (χ0) is 15.5. The molecule has 5 heteroatoms. The normalized spacial score (nSPS) is 20.9. The molecule has 0 amide bonds. The number of piperazine rings is 1. The van der Waals surface area contributed by atoms with E-state index in [1.54, 1.807) is 6.07 Å². The lowest BCUT2D eigenvalue weighted by molar-refractivity contribution is 0.160. The molecule has 0 aromatic heterocycles. The minimum Gasteiger partial charge on any atom is -0.489 e. The van der Waals surface area contributed by atoms with Crippen molar-refractivity contribution < 1.29 is 9.13 Å². The van der Waals surface area contributed by atoms with Crippen LogP contribution in [0.5, 0.6) is 5.75 Å². The molecule has 1 aromatic rings. The summed E-state index contributed by atoms with van der Waals surface area (Å²) in [4.78, 5) is 2.46. The third kappa shape index (κ3) is 3.73. The standard InChI is InChI=1S/C17H24ClFN2O/c1-2-22-17-14(18)10-13(11-15(17)19)16(9-12-3-4-12)21-7-5-20-6-8-21/h10-12,16,20H,2-9H2,1H3/t16-/m1/s1. The van der Waals surface area contributed by atoms with E-state index >= 15 is 0 Å². The van der Waals surface area contributed by atoms with E-state index in [2.05, 4.69) is 10.2 Å². The minimum atomic E-state index is -0.347. The number of hydrogen-bond acceptors (Lipinski definition) is 3. The van der Waals surface area contributed by atoms with Crippen molar-refractivity contribution in [1.82, 2.24) is 10.2 Å². The Hall–Kier alpha value is -0.840. The van der Waals surface area contributed by atoms with Crippen molar-refractivity contribution in [1.29, 1.82) is 0 Å². The molecule has 0 bridgehead atoms. The summed E-state index contributed by atoms with van der Waals surface area (Å²) in [5, 5.41) is 3.76. The van der Waals surface area contributed by atoms with Gasteiger partial charge in [0.25, 0.3) is 0 Å². The molecule has 1 aliphatic heterocycles. The van der Waals surface area contributed by atoms with Crippen LogP contribution in [0.1, 0.15) is 37.8 Å². The first-order valence-electron chi connectivity index (χ1n) is 8.25. The Balaban J connectivity index is 1.85. The van der Waals surface area contributed by atoms with E-state index in [-0.39, 0.29) is 17.6 Å². The highest BCUT2D eigenvalue weighted by atomic mass is 35.5. The summed E-state index contributed by atoms with van der Waals surface area (Å²) in [5.41, 5.74) is 0.986. The topological polar surface area (TPSA) is 24.5 Å². The number of halogens is 2. The van der Waals surface area contributed by atoms with Gasteiger partial charge in [0, 0.05) is 32.2 Å². The first-order chi connectivity index (χ1) is 10.7. The highest BCUT2D eigenvalue weighted by Gasteiger charge is 2.31. The lowest BCUT2D eigenvalue weighted by Crippen LogP contribution is -2.45. The van der Waals surface area contributed by atoms with Crippen molar-refractivity contribution in [3.63, 3.8) is 0 Å². The van der Waals surface area contributed by atoms with Gasteiger partial charge in [-0.25, -0.2) is 4.39 Å². The number of benzene rings is 1. The number of ether oxygens (including phenoxy) is 1. The first-order valence-corrected chi connectivity index (χ1v) is 8.63. The summed E-state index contributed by atoms with van der Waals surface area (Å²) < 4.78 is 19.6. The highest BCUT2D eigenvalue weighted by molar-refractivity contribution is 6.32. The van der Waals surface area contributed by atoms with Gasteiger partial charge in [-0.1, -0.05) is 24.4 Å². The SMILES string of the molecule is CCOc1c(F)cc([C@@H](CC2CC2)N2CCNCC2)cc1Cl. The van der Waals surface area contributed by atoms with E-state index in [9.17, 15) is 4.39 Å². The second-order valence-corrected chi connectivity index (χ2v) is 6.63. The predicted molar refractivity (Wildman–Crippen MR) is 87.1 cm³/mol. The number of nitrogens with zero attached hydrogens (tertiary/aromatic N) is 1. The smallest absolute Gasteiger partial charge is 0.173 e. The number of nitrogens with one attached hydrogen (secondary N) is 1. The molecular weight excluding hydrogens is 303 g/mol. The molecule has 1 atom stereocenters. The van der Waals surface area contributed by atoms with Crippen LogP contribution in [0.25, 0.3) is 0 Å². The fourth-order valence-electron chi connectivity index (χ4n) is 3.21. The maximum absolute atomic E-state index is 14.3. The zero-order valence-corrected chi connectivity index (χ0v) is 13.8. The Labute approximate surface area is 136 Å². The van der Waals surface area contributed by atoms with Crippen LogP contribution in [-0.4, -0.2) is 37.7 Å². The highest BCUT2D eigenvalue weighted by Crippen LogP contribution is 2.42. The summed E-state index contributed by atoms with van der Waals surface area (Å²) in [6.07, 6.45) is 3.70. The molecule has 1 saturated heterocycles. The average Bonchev–Trinajstić information content (AvgIpc) is 3.33. The second-order valence-electron chi connectivity index (χ2n) is 6.23. The van der Waals surface area contributed by atoms with Crippen molar-refractivity contribution in [2.45, 2.75) is 32.2 Å². The minimum absolute atomic E-state index is 0.179. The van der Waals surface area contributed by atoms with E-state index in [4.69, 9.17) is 16.3 Å². The first kappa shape index (κ1) is 16.0. The summed E-state index contributed by atoms with van der Waals surface area (Å²) >= 11 is 6.25. The Morgan fingerprint density at radius 1 is 1.36 bits per heavy atom. The van der Waals surface area contributed by atoms with Crippen LogP contribution in [0, 0.1) is 11.7 Å². The Morgan fingerprint density at radius 3 is 2.68 bits per heavy atom. The largest absolute Gasteiger partial charge is 0.489 e. The van der Waals surface area contributed by atoms with Crippen molar-refractivity contribution in [3.8, 4) is 5.75 Å². The van der Waals surface area contributed by atoms with Gasteiger partial charge in [-0.2, -0.15) is 0 Å². The van der Waals surface area contributed by atoms with Crippen molar-refractivity contribution >= 4 is 11.6 Å². The van der Waals surface area contributed by atoms with E-state index in [1.165, 1.54) is 12.8 Å². The molecule has 0 radical (unpaired) electrons. The monoisotopic (exact) mass is 326 g/mol. The lowest BCUT2D eigenvalue weighted by atomic mass is 9.98. The van der Waals surface area contributed by atoms with E-state index < -0.39 is 0 Å². The molecule has 1 saturated carbocycles. The second kappa shape index (κ2) is 7.16. The third-order valence-corrected chi connectivity index (χ3v) is 4.82. The van der Waals surface area contributed by atoms with Crippen LogP contribution in [0.3, 0.4) is 0 Å². The van der Waals surface area contributed by atoms with Gasteiger partial charge < -0.3 is 10.1 Å². The van der Waals surface area contributed by atoms with E-state index in [0.717, 1.165) is 44.1 Å². The van der Waals surface area contributed by atoms with Crippen molar-refractivity contribution in [2.24, 2.45) is 5.92 Å². The molecule has 22 heavy (non-hydrogen) atoms. The zero-order valence-electron chi connectivity index (χ0n) is 13.1. The van der Waals surface area contributed by atoms with Crippen LogP contribution in [0.2, 0.25) is 5.02 Å². The van der Waals surface area contributed by atoms with Gasteiger partial charge in [-0.3, -0.25) is 4.90 Å². The van der Waals surface area contributed by atoms with Crippen LogP contribution < -0.4 is 10.1 Å². The van der Waals surface area contributed by atoms with Gasteiger partial charge in [-0.05, 0) is 37.0 Å². The Bertz CT molecular complexity index is 492. The van der Waals surface area contributed by atoms with Gasteiger partial charge in [-0.15, -0.1) is 0 Å². The molecule has 0 unspecified atom stereocenters. The van der Waals surface area contributed by atoms with E-state index in [1.807, 2.05) is 13.0 Å². The predicted octanol–water partition coefficient (Wildman–Crippen LogP) is 3.62. The molecule has 0 spiro atoms. The molecular formula is C17H24ClFN2O. The quantitative estimate of drug-likeness (QED) is 0.864. The van der Waals surface area contributed by atoms with Crippen LogP contribution >= 0.6 is 11.6 Å². The van der Waals surface area contributed by atoms with Crippen molar-refractivity contribution in [2.75, 3.05) is 32.8 Å². The summed E-state index contributed by atoms with van der Waals surface area (Å²) in [5.74, 6) is 0.618. The molecule has 1 aliphatic carbocycles. The molecule has 2 aliphatic rings. The van der Waals surface area contributed by atoms with Crippen molar-refractivity contribution in [3.05, 3.63) is 28.5 Å². The fraction of sp³-hybridized carbons (Fsp3) is 0.647. The van der Waals surface area contributed by atoms with E-state index in [0.29, 0.717) is 11.6 Å². The van der Waals surface area contributed by atoms with Gasteiger partial charge in [0.1, 0.15) is 0 Å². The molecule has 122 valence electrons. The van der Waals surface area contributed by atoms with Gasteiger partial charge in [0.2, 0.25) is 0 Å². The molecule has 1 N–H and O–H groups in total. The molecule has 1 heterocycles. The Morgan fingerprint density at radius 2 is 2.09 bits per heavy atom. The Kier molecular flexibility index (Phi) is 5.21. The lowest BCUT2D eigenvalue weighted by Gasteiger charge is -2.35. The summed E-state index contributed by atoms with van der Waals surface area (Å²) in [6.45, 7) is 6.25. The maximum Gasteiger partial charge on any atom is 0.173 e. The molecule has 2 fully saturated rings. The van der Waals surface area contributed by atoms with Gasteiger partial charge >= 0.3 is 0 Å². The summed E-state index contributed by atoms with van der Waals surface area (Å²) in [7, 11) is 0. The fourth-order valence-corrected chi connectivity index (χ4v) is 3.48. The average molecular weight is 327 g/mol. The maximum atomic E-state index is 14.3. The molecule has 1 aromatic carbocycles. The van der Waals surface area contributed by atoms with Crippen LogP contribution in [0.4, 0.5) is 4.39 Å². The third-order valence-electron chi connectivity index (χ3n) is 4.54. The molecule has 3 rings (SSSR count).